The van der Waals surface area contributed by atoms with Crippen LogP contribution in [0.4, 0.5) is 0 Å². The van der Waals surface area contributed by atoms with Crippen LogP contribution in [-0.4, -0.2) is 23.7 Å². The lowest BCUT2D eigenvalue weighted by Gasteiger charge is -2.09. The molecule has 0 unspecified atom stereocenters. The maximum absolute atomic E-state index is 5.61. The average Bonchev–Trinajstić information content (AvgIpc) is 2.79. The van der Waals surface area contributed by atoms with E-state index in [1.807, 2.05) is 26.1 Å². The summed E-state index contributed by atoms with van der Waals surface area (Å²) < 4.78 is 5.61. The number of nitrogens with zero attached hydrogens (tertiary/aromatic N) is 1. The highest BCUT2D eigenvalue weighted by molar-refractivity contribution is 5.50. The van der Waals surface area contributed by atoms with Crippen molar-refractivity contribution >= 4 is 6.08 Å². The van der Waals surface area contributed by atoms with Crippen molar-refractivity contribution in [1.82, 2.24) is 10.3 Å². The minimum Gasteiger partial charge on any atom is -0.489 e. The van der Waals surface area contributed by atoms with Gasteiger partial charge in [0.1, 0.15) is 5.75 Å². The van der Waals surface area contributed by atoms with Gasteiger partial charge in [-0.2, -0.15) is 0 Å². The van der Waals surface area contributed by atoms with E-state index in [-0.39, 0.29) is 6.10 Å². The average molecular weight is 232 g/mol. The minimum atomic E-state index is 0.188. The van der Waals surface area contributed by atoms with Crippen LogP contribution in [0.2, 0.25) is 0 Å². The van der Waals surface area contributed by atoms with E-state index in [0.717, 1.165) is 17.9 Å². The second-order valence-electron chi connectivity index (χ2n) is 4.68. The Labute approximate surface area is 103 Å². The van der Waals surface area contributed by atoms with Crippen molar-refractivity contribution < 1.29 is 4.74 Å². The van der Waals surface area contributed by atoms with Crippen molar-refractivity contribution in [2.75, 3.05) is 6.54 Å². The third kappa shape index (κ3) is 3.86. The lowest BCUT2D eigenvalue weighted by atomic mass is 10.2. The highest BCUT2D eigenvalue weighted by atomic mass is 16.5. The molecule has 2 rings (SSSR count). The Kier molecular flexibility index (Phi) is 4.15. The molecular weight excluding hydrogens is 212 g/mol. The van der Waals surface area contributed by atoms with Crippen LogP contribution < -0.4 is 10.1 Å². The third-order valence-electron chi connectivity index (χ3n) is 2.73. The number of rotatable bonds is 4. The van der Waals surface area contributed by atoms with Gasteiger partial charge in [0.15, 0.2) is 0 Å². The number of nitrogens with one attached hydrogen (secondary N) is 1. The Morgan fingerprint density at radius 2 is 2.35 bits per heavy atom. The molecule has 0 aliphatic carbocycles. The molecule has 3 heteroatoms. The van der Waals surface area contributed by atoms with Crippen LogP contribution in [0.5, 0.6) is 5.75 Å². The van der Waals surface area contributed by atoms with Crippen molar-refractivity contribution in [3.8, 4) is 5.75 Å². The molecule has 1 aliphatic rings. The smallest absolute Gasteiger partial charge is 0.138 e. The van der Waals surface area contributed by atoms with E-state index in [9.17, 15) is 0 Å². The second-order valence-corrected chi connectivity index (χ2v) is 4.68. The van der Waals surface area contributed by atoms with Gasteiger partial charge in [0.2, 0.25) is 0 Å². The molecule has 1 fully saturated rings. The van der Waals surface area contributed by atoms with Gasteiger partial charge in [-0.05, 0) is 44.9 Å². The maximum Gasteiger partial charge on any atom is 0.138 e. The second kappa shape index (κ2) is 5.82. The van der Waals surface area contributed by atoms with E-state index >= 15 is 0 Å². The zero-order valence-corrected chi connectivity index (χ0v) is 10.5. The van der Waals surface area contributed by atoms with Crippen LogP contribution in [0.15, 0.2) is 24.5 Å². The molecule has 0 saturated carbocycles. The van der Waals surface area contributed by atoms with Gasteiger partial charge < -0.3 is 10.1 Å². The van der Waals surface area contributed by atoms with E-state index < -0.39 is 0 Å². The molecule has 1 N–H and O–H groups in total. The predicted molar refractivity (Wildman–Crippen MR) is 70.1 cm³/mol. The van der Waals surface area contributed by atoms with Gasteiger partial charge in [-0.25, -0.2) is 0 Å². The van der Waals surface area contributed by atoms with Gasteiger partial charge in [0.05, 0.1) is 12.3 Å². The quantitative estimate of drug-likeness (QED) is 0.866. The summed E-state index contributed by atoms with van der Waals surface area (Å²) in [5.41, 5.74) is 1.09. The molecule has 1 aromatic rings. The maximum atomic E-state index is 5.61. The summed E-state index contributed by atoms with van der Waals surface area (Å²) in [6, 6.07) is 2.54. The Morgan fingerprint density at radius 3 is 3.06 bits per heavy atom. The molecule has 0 aromatic carbocycles. The largest absolute Gasteiger partial charge is 0.489 e. The molecule has 1 aliphatic heterocycles. The van der Waals surface area contributed by atoms with E-state index in [0.29, 0.717) is 6.04 Å². The molecule has 0 spiro atoms. The van der Waals surface area contributed by atoms with Gasteiger partial charge >= 0.3 is 0 Å². The lowest BCUT2D eigenvalue weighted by Crippen LogP contribution is -2.17. The number of pyridine rings is 1. The molecule has 0 amide bonds. The summed E-state index contributed by atoms with van der Waals surface area (Å²) in [4.78, 5) is 4.19. The zero-order chi connectivity index (χ0) is 12.1. The van der Waals surface area contributed by atoms with Gasteiger partial charge in [-0.1, -0.05) is 12.2 Å². The molecule has 17 heavy (non-hydrogen) atoms. The predicted octanol–water partition coefficient (Wildman–Crippen LogP) is 2.63. The molecule has 3 nitrogen and oxygen atoms in total. The molecule has 0 radical (unpaired) electrons. The first kappa shape index (κ1) is 12.1. The summed E-state index contributed by atoms with van der Waals surface area (Å²) in [5.74, 6) is 0.835. The topological polar surface area (TPSA) is 34.1 Å². The molecule has 2 heterocycles. The lowest BCUT2D eigenvalue weighted by molar-refractivity contribution is 0.241. The van der Waals surface area contributed by atoms with Gasteiger partial charge in [0.25, 0.3) is 0 Å². The SMILES string of the molecule is CC(C)Oc1cncc(C=C[C@@H]2CCCN2)c1. The monoisotopic (exact) mass is 232 g/mol. The van der Waals surface area contributed by atoms with E-state index in [2.05, 4.69) is 22.5 Å². The van der Waals surface area contributed by atoms with Crippen molar-refractivity contribution in [2.24, 2.45) is 0 Å². The fourth-order valence-electron chi connectivity index (χ4n) is 1.97. The molecule has 0 bridgehead atoms. The van der Waals surface area contributed by atoms with Gasteiger partial charge in [0, 0.05) is 12.2 Å². The van der Waals surface area contributed by atoms with Crippen LogP contribution >= 0.6 is 0 Å². The zero-order valence-electron chi connectivity index (χ0n) is 10.5. The number of hydrogen-bond acceptors (Lipinski definition) is 3. The Balaban J connectivity index is 2.00. The minimum absolute atomic E-state index is 0.188. The van der Waals surface area contributed by atoms with Crippen molar-refractivity contribution in [1.29, 1.82) is 0 Å². The van der Waals surface area contributed by atoms with E-state index in [1.165, 1.54) is 12.8 Å². The summed E-state index contributed by atoms with van der Waals surface area (Å²) >= 11 is 0. The Morgan fingerprint density at radius 1 is 1.47 bits per heavy atom. The summed E-state index contributed by atoms with van der Waals surface area (Å²) in [7, 11) is 0. The Bertz CT molecular complexity index is 382. The highest BCUT2D eigenvalue weighted by Gasteiger charge is 2.09. The molecular formula is C14H20N2O. The highest BCUT2D eigenvalue weighted by Crippen LogP contribution is 2.15. The third-order valence-corrected chi connectivity index (χ3v) is 2.73. The molecule has 1 saturated heterocycles. The number of aromatic nitrogens is 1. The van der Waals surface area contributed by atoms with Crippen LogP contribution in [0.25, 0.3) is 6.08 Å². The first-order valence-corrected chi connectivity index (χ1v) is 6.27. The summed E-state index contributed by atoms with van der Waals surface area (Å²) in [6.45, 7) is 5.17. The molecule has 1 atom stereocenters. The van der Waals surface area contributed by atoms with E-state index in [4.69, 9.17) is 4.74 Å². The standard InChI is InChI=1S/C14H20N2O/c1-11(2)17-14-8-12(9-15-10-14)5-6-13-4-3-7-16-13/h5-6,8-11,13,16H,3-4,7H2,1-2H3/t13-/m0/s1. The van der Waals surface area contributed by atoms with Crippen LogP contribution in [0.1, 0.15) is 32.3 Å². The van der Waals surface area contributed by atoms with Crippen LogP contribution in [-0.2, 0) is 0 Å². The normalized spacial score (nSPS) is 20.3. The fourth-order valence-corrected chi connectivity index (χ4v) is 1.97. The van der Waals surface area contributed by atoms with Crippen LogP contribution in [0, 0.1) is 0 Å². The van der Waals surface area contributed by atoms with Crippen molar-refractivity contribution in [2.45, 2.75) is 38.8 Å². The first-order valence-electron chi connectivity index (χ1n) is 6.27. The van der Waals surface area contributed by atoms with Crippen molar-refractivity contribution in [3.05, 3.63) is 30.1 Å². The Hall–Kier alpha value is -1.35. The fraction of sp³-hybridized carbons (Fsp3) is 0.500. The summed E-state index contributed by atoms with van der Waals surface area (Å²) in [6.07, 6.45) is 10.6. The molecule has 92 valence electrons. The number of ether oxygens (including phenoxy) is 1. The summed E-state index contributed by atoms with van der Waals surface area (Å²) in [5, 5.41) is 3.44. The first-order chi connectivity index (χ1) is 8.24. The van der Waals surface area contributed by atoms with Crippen molar-refractivity contribution in [3.63, 3.8) is 0 Å². The van der Waals surface area contributed by atoms with Gasteiger partial charge in [-0.3, -0.25) is 4.98 Å². The van der Waals surface area contributed by atoms with Gasteiger partial charge in [-0.15, -0.1) is 0 Å². The molecule has 1 aromatic heterocycles. The van der Waals surface area contributed by atoms with Crippen LogP contribution in [0.3, 0.4) is 0 Å². The van der Waals surface area contributed by atoms with E-state index in [1.54, 1.807) is 6.20 Å². The number of hydrogen-bond donors (Lipinski definition) is 1.